The summed E-state index contributed by atoms with van der Waals surface area (Å²) in [6.45, 7) is 14.2. The number of anilines is 1. The van der Waals surface area contributed by atoms with E-state index >= 15 is 0 Å². The summed E-state index contributed by atoms with van der Waals surface area (Å²) in [5.41, 5.74) is 1.74. The summed E-state index contributed by atoms with van der Waals surface area (Å²) in [6, 6.07) is 5.88. The van der Waals surface area contributed by atoms with Crippen LogP contribution in [0, 0.1) is 5.82 Å². The fourth-order valence-corrected chi connectivity index (χ4v) is 2.16. The van der Waals surface area contributed by atoms with E-state index in [1.807, 2.05) is 12.1 Å². The smallest absolute Gasteiger partial charge is 0.146 e. The van der Waals surface area contributed by atoms with Crippen LogP contribution in [0.3, 0.4) is 0 Å². The van der Waals surface area contributed by atoms with Gasteiger partial charge in [0.2, 0.25) is 0 Å². The summed E-state index contributed by atoms with van der Waals surface area (Å²) in [5.74, 6) is -0.125. The number of halogens is 1. The molecule has 1 rings (SSSR count). The molecular weight excluding hydrogens is 251 g/mol. The van der Waals surface area contributed by atoms with Crippen molar-refractivity contribution in [3.63, 3.8) is 0 Å². The van der Waals surface area contributed by atoms with Crippen LogP contribution in [0.5, 0.6) is 0 Å². The molecule has 20 heavy (non-hydrogen) atoms. The highest BCUT2D eigenvalue weighted by atomic mass is 19.1. The number of nitrogens with zero attached hydrogens (tertiary/aromatic N) is 1. The van der Waals surface area contributed by atoms with Crippen molar-refractivity contribution in [2.75, 3.05) is 11.4 Å². The van der Waals surface area contributed by atoms with E-state index in [0.717, 1.165) is 18.5 Å². The van der Waals surface area contributed by atoms with Crippen molar-refractivity contribution in [2.24, 2.45) is 0 Å². The van der Waals surface area contributed by atoms with Gasteiger partial charge in [0.15, 0.2) is 0 Å². The lowest BCUT2D eigenvalue weighted by Crippen LogP contribution is -2.35. The van der Waals surface area contributed by atoms with Gasteiger partial charge >= 0.3 is 0 Å². The molecule has 1 aromatic carbocycles. The van der Waals surface area contributed by atoms with Gasteiger partial charge in [-0.15, -0.1) is 0 Å². The zero-order valence-electron chi connectivity index (χ0n) is 13.8. The molecule has 0 aliphatic heterocycles. The second-order valence-electron chi connectivity index (χ2n) is 6.68. The maximum atomic E-state index is 14.3. The molecule has 0 saturated heterocycles. The van der Waals surface area contributed by atoms with Gasteiger partial charge < -0.3 is 10.2 Å². The van der Waals surface area contributed by atoms with Gasteiger partial charge in [-0.05, 0) is 58.7 Å². The fraction of sp³-hybridized carbons (Fsp3) is 0.647. The third kappa shape index (κ3) is 5.12. The normalized spacial score (nSPS) is 12.0. The number of hydrogen-bond acceptors (Lipinski definition) is 2. The Kier molecular flexibility index (Phi) is 6.00. The summed E-state index contributed by atoms with van der Waals surface area (Å²) in [4.78, 5) is 2.12. The van der Waals surface area contributed by atoms with E-state index in [4.69, 9.17) is 0 Å². The first-order valence-electron chi connectivity index (χ1n) is 7.54. The van der Waals surface area contributed by atoms with E-state index in [1.165, 1.54) is 0 Å². The monoisotopic (exact) mass is 280 g/mol. The number of rotatable bonds is 6. The van der Waals surface area contributed by atoms with Crippen molar-refractivity contribution in [1.82, 2.24) is 5.32 Å². The Morgan fingerprint density at radius 1 is 1.25 bits per heavy atom. The van der Waals surface area contributed by atoms with E-state index in [2.05, 4.69) is 51.8 Å². The van der Waals surface area contributed by atoms with Gasteiger partial charge in [-0.3, -0.25) is 0 Å². The van der Waals surface area contributed by atoms with Gasteiger partial charge in [-0.1, -0.05) is 13.0 Å². The van der Waals surface area contributed by atoms with Crippen molar-refractivity contribution >= 4 is 5.69 Å². The van der Waals surface area contributed by atoms with E-state index in [-0.39, 0.29) is 11.4 Å². The molecule has 0 fully saturated rings. The second-order valence-corrected chi connectivity index (χ2v) is 6.68. The van der Waals surface area contributed by atoms with Crippen LogP contribution in [-0.4, -0.2) is 18.1 Å². The maximum Gasteiger partial charge on any atom is 0.146 e. The number of nitrogens with one attached hydrogen (secondary N) is 1. The molecule has 0 atom stereocenters. The Morgan fingerprint density at radius 2 is 1.90 bits per heavy atom. The molecule has 0 saturated carbocycles. The average Bonchev–Trinajstić information content (AvgIpc) is 2.33. The van der Waals surface area contributed by atoms with Gasteiger partial charge in [-0.25, -0.2) is 4.39 Å². The van der Waals surface area contributed by atoms with Crippen molar-refractivity contribution in [2.45, 2.75) is 66.1 Å². The van der Waals surface area contributed by atoms with Crippen LogP contribution in [-0.2, 0) is 6.54 Å². The van der Waals surface area contributed by atoms with Gasteiger partial charge in [-0.2, -0.15) is 0 Å². The summed E-state index contributed by atoms with van der Waals surface area (Å²) in [5, 5.41) is 3.38. The molecule has 1 N–H and O–H groups in total. The molecule has 0 bridgehead atoms. The van der Waals surface area contributed by atoms with Crippen LogP contribution in [0.2, 0.25) is 0 Å². The van der Waals surface area contributed by atoms with E-state index in [0.29, 0.717) is 18.3 Å². The van der Waals surface area contributed by atoms with E-state index in [9.17, 15) is 4.39 Å². The van der Waals surface area contributed by atoms with E-state index in [1.54, 1.807) is 6.07 Å². The third-order valence-corrected chi connectivity index (χ3v) is 3.23. The van der Waals surface area contributed by atoms with Crippen molar-refractivity contribution < 1.29 is 4.39 Å². The van der Waals surface area contributed by atoms with Crippen LogP contribution in [0.1, 0.15) is 53.5 Å². The summed E-state index contributed by atoms with van der Waals surface area (Å²) >= 11 is 0. The SMILES string of the molecule is CCCN(c1ccc(CNC(C)(C)C)cc1F)C(C)C. The van der Waals surface area contributed by atoms with Crippen molar-refractivity contribution in [3.05, 3.63) is 29.6 Å². The number of benzene rings is 1. The Labute approximate surface area is 123 Å². The molecule has 0 heterocycles. The molecule has 114 valence electrons. The molecular formula is C17H29FN2. The zero-order valence-corrected chi connectivity index (χ0v) is 13.8. The minimum Gasteiger partial charge on any atom is -0.367 e. The molecule has 0 unspecified atom stereocenters. The quantitative estimate of drug-likeness (QED) is 0.834. The van der Waals surface area contributed by atoms with Crippen LogP contribution < -0.4 is 10.2 Å². The highest BCUT2D eigenvalue weighted by Gasteiger charge is 2.15. The van der Waals surface area contributed by atoms with Crippen molar-refractivity contribution in [1.29, 1.82) is 0 Å². The predicted molar refractivity (Wildman–Crippen MR) is 85.8 cm³/mol. The van der Waals surface area contributed by atoms with Crippen LogP contribution in [0.15, 0.2) is 18.2 Å². The zero-order chi connectivity index (χ0) is 15.3. The topological polar surface area (TPSA) is 15.3 Å². The first-order chi connectivity index (χ1) is 9.24. The molecule has 0 amide bonds. The number of hydrogen-bond donors (Lipinski definition) is 1. The molecule has 0 aliphatic rings. The first-order valence-corrected chi connectivity index (χ1v) is 7.54. The fourth-order valence-electron chi connectivity index (χ4n) is 2.16. The Morgan fingerprint density at radius 3 is 2.35 bits per heavy atom. The lowest BCUT2D eigenvalue weighted by molar-refractivity contribution is 0.423. The average molecular weight is 280 g/mol. The maximum absolute atomic E-state index is 14.3. The largest absolute Gasteiger partial charge is 0.367 e. The molecule has 0 radical (unpaired) electrons. The minimum absolute atomic E-state index is 0.0430. The second kappa shape index (κ2) is 7.07. The first kappa shape index (κ1) is 17.0. The summed E-state index contributed by atoms with van der Waals surface area (Å²) in [6.07, 6.45) is 1.02. The molecule has 0 spiro atoms. The van der Waals surface area contributed by atoms with Gasteiger partial charge in [0.1, 0.15) is 5.82 Å². The van der Waals surface area contributed by atoms with E-state index < -0.39 is 0 Å². The standard InChI is InChI=1S/C17H29FN2/c1-7-10-20(13(2)3)16-9-8-14(11-15(16)18)12-19-17(4,5)6/h8-9,11,13,19H,7,10,12H2,1-6H3. The van der Waals surface area contributed by atoms with Gasteiger partial charge in [0.05, 0.1) is 5.69 Å². The summed E-state index contributed by atoms with van der Waals surface area (Å²) < 4.78 is 14.3. The lowest BCUT2D eigenvalue weighted by Gasteiger charge is -2.29. The van der Waals surface area contributed by atoms with Crippen molar-refractivity contribution in [3.8, 4) is 0 Å². The Balaban J connectivity index is 2.86. The third-order valence-electron chi connectivity index (χ3n) is 3.23. The van der Waals surface area contributed by atoms with Gasteiger partial charge in [0.25, 0.3) is 0 Å². The van der Waals surface area contributed by atoms with Crippen LogP contribution in [0.25, 0.3) is 0 Å². The highest BCUT2D eigenvalue weighted by Crippen LogP contribution is 2.23. The van der Waals surface area contributed by atoms with Crippen LogP contribution >= 0.6 is 0 Å². The Hall–Kier alpha value is -1.09. The van der Waals surface area contributed by atoms with Gasteiger partial charge in [0, 0.05) is 24.7 Å². The Bertz CT molecular complexity index is 421. The molecule has 2 nitrogen and oxygen atoms in total. The molecule has 1 aromatic rings. The van der Waals surface area contributed by atoms with Crippen LogP contribution in [0.4, 0.5) is 10.1 Å². The molecule has 0 aliphatic carbocycles. The molecule has 3 heteroatoms. The molecule has 0 aromatic heterocycles. The summed E-state index contributed by atoms with van der Waals surface area (Å²) in [7, 11) is 0. The predicted octanol–water partition coefficient (Wildman–Crippen LogP) is 4.34. The lowest BCUT2D eigenvalue weighted by atomic mass is 10.1. The minimum atomic E-state index is -0.125. The highest BCUT2D eigenvalue weighted by molar-refractivity contribution is 5.50.